The number of methoxy groups -OCH3 is 1. The molecule has 0 aliphatic heterocycles. The molecule has 1 N–H and O–H groups in total. The Labute approximate surface area is 177 Å². The molecule has 0 aliphatic carbocycles. The molecule has 3 rings (SSSR count). The van der Waals surface area contributed by atoms with Crippen LogP contribution in [0.2, 0.25) is 5.15 Å². The highest BCUT2D eigenvalue weighted by molar-refractivity contribution is 7.90. The van der Waals surface area contributed by atoms with Gasteiger partial charge in [0.2, 0.25) is 0 Å². The summed E-state index contributed by atoms with van der Waals surface area (Å²) in [6.45, 7) is 1.59. The number of halogens is 2. The minimum Gasteiger partial charge on any atom is -0.507 e. The third kappa shape index (κ3) is 4.44. The molecule has 1 aromatic heterocycles. The van der Waals surface area contributed by atoms with E-state index >= 15 is 0 Å². The number of sulfone groups is 1. The Morgan fingerprint density at radius 3 is 2.57 bits per heavy atom. The van der Waals surface area contributed by atoms with E-state index in [2.05, 4.69) is 9.72 Å². The number of ether oxygens (including phenoxy) is 1. The zero-order valence-electron chi connectivity index (χ0n) is 16.0. The molecule has 3 aromatic rings. The normalized spacial score (nSPS) is 11.3. The van der Waals surface area contributed by atoms with E-state index < -0.39 is 21.6 Å². The summed E-state index contributed by atoms with van der Waals surface area (Å²) in [5.74, 6) is -1.94. The van der Waals surface area contributed by atoms with Crippen molar-refractivity contribution < 1.29 is 27.4 Å². The molecular weight excluding hydrogens is 433 g/mol. The average Bonchev–Trinajstić information content (AvgIpc) is 2.69. The first-order chi connectivity index (χ1) is 14.1. The molecule has 9 heteroatoms. The number of phenols is 1. The molecule has 0 amide bonds. The number of aromatic hydroxyl groups is 1. The SMILES string of the molecule is COC(=O)c1ccc(CS(=O)(=O)c2cnc(Cl)c(-c3ccc(F)c(C)c3)c2)cc1O. The summed E-state index contributed by atoms with van der Waals surface area (Å²) in [7, 11) is -2.68. The predicted octanol–water partition coefficient (Wildman–Crippen LogP) is 4.32. The number of carbonyl (C=O) groups excluding carboxylic acids is 1. The lowest BCUT2D eigenvalue weighted by Crippen LogP contribution is -2.07. The van der Waals surface area contributed by atoms with Crippen molar-refractivity contribution in [3.8, 4) is 16.9 Å². The van der Waals surface area contributed by atoms with Crippen LogP contribution in [0.15, 0.2) is 53.6 Å². The zero-order valence-corrected chi connectivity index (χ0v) is 17.6. The number of aryl methyl sites for hydroxylation is 1. The number of benzene rings is 2. The van der Waals surface area contributed by atoms with Crippen molar-refractivity contribution in [1.82, 2.24) is 4.98 Å². The lowest BCUT2D eigenvalue weighted by molar-refractivity contribution is 0.0597. The van der Waals surface area contributed by atoms with Gasteiger partial charge in [0.1, 0.15) is 22.3 Å². The van der Waals surface area contributed by atoms with Gasteiger partial charge >= 0.3 is 5.97 Å². The van der Waals surface area contributed by atoms with E-state index in [1.54, 1.807) is 13.0 Å². The maximum absolute atomic E-state index is 13.6. The zero-order chi connectivity index (χ0) is 22.1. The summed E-state index contributed by atoms with van der Waals surface area (Å²) in [6.07, 6.45) is 1.14. The van der Waals surface area contributed by atoms with Crippen LogP contribution >= 0.6 is 11.6 Å². The number of hydrogen-bond acceptors (Lipinski definition) is 6. The van der Waals surface area contributed by atoms with E-state index in [0.29, 0.717) is 16.7 Å². The summed E-state index contributed by atoms with van der Waals surface area (Å²) in [5.41, 5.74) is 1.47. The van der Waals surface area contributed by atoms with Crippen LogP contribution in [0.1, 0.15) is 21.5 Å². The number of nitrogens with zero attached hydrogens (tertiary/aromatic N) is 1. The van der Waals surface area contributed by atoms with Crippen molar-refractivity contribution in [1.29, 1.82) is 0 Å². The molecule has 0 fully saturated rings. The fourth-order valence-electron chi connectivity index (χ4n) is 2.87. The van der Waals surface area contributed by atoms with Crippen LogP contribution < -0.4 is 0 Å². The van der Waals surface area contributed by atoms with E-state index in [-0.39, 0.29) is 32.7 Å². The molecule has 0 atom stereocenters. The van der Waals surface area contributed by atoms with E-state index in [1.165, 1.54) is 43.5 Å². The topological polar surface area (TPSA) is 93.6 Å². The Hall–Kier alpha value is -2.97. The third-order valence-electron chi connectivity index (χ3n) is 4.47. The van der Waals surface area contributed by atoms with Gasteiger partial charge in [0.25, 0.3) is 0 Å². The largest absolute Gasteiger partial charge is 0.507 e. The van der Waals surface area contributed by atoms with Gasteiger partial charge in [-0.3, -0.25) is 0 Å². The molecule has 2 aromatic carbocycles. The Balaban J connectivity index is 1.96. The highest BCUT2D eigenvalue weighted by Gasteiger charge is 2.20. The second-order valence-corrected chi connectivity index (χ2v) is 8.92. The quantitative estimate of drug-likeness (QED) is 0.460. The van der Waals surface area contributed by atoms with Crippen molar-refractivity contribution in [3.05, 3.63) is 76.3 Å². The predicted molar refractivity (Wildman–Crippen MR) is 110 cm³/mol. The van der Waals surface area contributed by atoms with Crippen molar-refractivity contribution in [2.24, 2.45) is 0 Å². The Kier molecular flexibility index (Phi) is 6.09. The van der Waals surface area contributed by atoms with Gasteiger partial charge in [-0.1, -0.05) is 23.7 Å². The fourth-order valence-corrected chi connectivity index (χ4v) is 4.37. The standard InChI is InChI=1S/C21H17ClFNO5S/c1-12-7-14(4-6-18(12)23)17-9-15(10-24-20(17)22)30(27,28)11-13-3-5-16(19(25)8-13)21(26)29-2/h3-10,25H,11H2,1-2H3. The minimum atomic E-state index is -3.86. The Bertz CT molecular complexity index is 1240. The van der Waals surface area contributed by atoms with E-state index in [9.17, 15) is 22.7 Å². The fraction of sp³-hybridized carbons (Fsp3) is 0.143. The molecule has 0 spiro atoms. The minimum absolute atomic E-state index is 0.0687. The number of rotatable bonds is 5. The number of phenolic OH excluding ortho intramolecular Hbond substituents is 1. The molecule has 0 aliphatic rings. The molecule has 0 saturated carbocycles. The maximum Gasteiger partial charge on any atom is 0.341 e. The number of hydrogen-bond donors (Lipinski definition) is 1. The lowest BCUT2D eigenvalue weighted by atomic mass is 10.1. The molecule has 1 heterocycles. The summed E-state index contributed by atoms with van der Waals surface area (Å²) in [4.78, 5) is 15.4. The number of esters is 1. The van der Waals surface area contributed by atoms with Crippen LogP contribution in [0.4, 0.5) is 4.39 Å². The van der Waals surface area contributed by atoms with Crippen LogP contribution in [-0.2, 0) is 20.3 Å². The number of aromatic nitrogens is 1. The third-order valence-corrected chi connectivity index (χ3v) is 6.42. The number of carbonyl (C=O) groups is 1. The smallest absolute Gasteiger partial charge is 0.341 e. The van der Waals surface area contributed by atoms with Gasteiger partial charge in [-0.05, 0) is 53.9 Å². The molecule has 0 radical (unpaired) electrons. The highest BCUT2D eigenvalue weighted by Crippen LogP contribution is 2.31. The van der Waals surface area contributed by atoms with Gasteiger partial charge in [-0.15, -0.1) is 0 Å². The molecule has 30 heavy (non-hydrogen) atoms. The van der Waals surface area contributed by atoms with Crippen molar-refractivity contribution in [2.75, 3.05) is 7.11 Å². The molecule has 0 unspecified atom stereocenters. The second-order valence-electron chi connectivity index (χ2n) is 6.58. The molecular formula is C21H17ClFNO5S. The summed E-state index contributed by atoms with van der Waals surface area (Å²) < 4.78 is 43.9. The van der Waals surface area contributed by atoms with Gasteiger partial charge < -0.3 is 9.84 Å². The van der Waals surface area contributed by atoms with E-state index in [1.807, 2.05) is 0 Å². The Morgan fingerprint density at radius 1 is 1.20 bits per heavy atom. The molecule has 6 nitrogen and oxygen atoms in total. The maximum atomic E-state index is 13.6. The van der Waals surface area contributed by atoms with Crippen LogP contribution in [0.25, 0.3) is 11.1 Å². The highest BCUT2D eigenvalue weighted by atomic mass is 35.5. The van der Waals surface area contributed by atoms with Crippen LogP contribution in [0.3, 0.4) is 0 Å². The second kappa shape index (κ2) is 8.41. The summed E-state index contributed by atoms with van der Waals surface area (Å²) in [6, 6.07) is 9.59. The van der Waals surface area contributed by atoms with E-state index in [0.717, 1.165) is 6.20 Å². The summed E-state index contributed by atoms with van der Waals surface area (Å²) >= 11 is 6.14. The van der Waals surface area contributed by atoms with Gasteiger partial charge in [0.05, 0.1) is 17.8 Å². The van der Waals surface area contributed by atoms with Gasteiger partial charge in [0.15, 0.2) is 9.84 Å². The van der Waals surface area contributed by atoms with Crippen molar-refractivity contribution in [2.45, 2.75) is 17.6 Å². The molecule has 0 bridgehead atoms. The van der Waals surface area contributed by atoms with Gasteiger partial charge in [-0.2, -0.15) is 0 Å². The number of pyridine rings is 1. The lowest BCUT2D eigenvalue weighted by Gasteiger charge is -2.10. The average molecular weight is 450 g/mol. The monoisotopic (exact) mass is 449 g/mol. The van der Waals surface area contributed by atoms with Gasteiger partial charge in [0, 0.05) is 11.8 Å². The Morgan fingerprint density at radius 2 is 1.93 bits per heavy atom. The van der Waals surface area contributed by atoms with Crippen molar-refractivity contribution in [3.63, 3.8) is 0 Å². The summed E-state index contributed by atoms with van der Waals surface area (Å²) in [5, 5.41) is 10.1. The first kappa shape index (κ1) is 21.7. The van der Waals surface area contributed by atoms with Gasteiger partial charge in [-0.25, -0.2) is 22.6 Å². The molecule has 156 valence electrons. The van der Waals surface area contributed by atoms with Crippen LogP contribution in [-0.4, -0.2) is 31.6 Å². The first-order valence-corrected chi connectivity index (χ1v) is 10.7. The first-order valence-electron chi connectivity index (χ1n) is 8.67. The van der Waals surface area contributed by atoms with E-state index in [4.69, 9.17) is 11.6 Å². The van der Waals surface area contributed by atoms with Crippen LogP contribution in [0, 0.1) is 12.7 Å². The van der Waals surface area contributed by atoms with Crippen LogP contribution in [0.5, 0.6) is 5.75 Å². The van der Waals surface area contributed by atoms with Crippen molar-refractivity contribution >= 4 is 27.4 Å². The molecule has 0 saturated heterocycles.